The molecule has 2 aliphatic heterocycles. The lowest BCUT2D eigenvalue weighted by Gasteiger charge is -2.27. The Morgan fingerprint density at radius 2 is 2.13 bits per heavy atom. The highest BCUT2D eigenvalue weighted by Crippen LogP contribution is 2.42. The number of aromatic nitrogens is 2. The van der Waals surface area contributed by atoms with Gasteiger partial charge in [-0.1, -0.05) is 11.3 Å². The van der Waals surface area contributed by atoms with Crippen molar-refractivity contribution >= 4 is 28.3 Å². The number of anilines is 1. The molecule has 9 heteroatoms. The van der Waals surface area contributed by atoms with Gasteiger partial charge in [-0.05, 0) is 44.2 Å². The van der Waals surface area contributed by atoms with E-state index in [0.29, 0.717) is 47.9 Å². The maximum absolute atomic E-state index is 13.2. The average molecular weight is 429 g/mol. The topological polar surface area (TPSA) is 93.6 Å². The summed E-state index contributed by atoms with van der Waals surface area (Å²) in [5.41, 5.74) is 3.00. The molecule has 2 aromatic rings. The first-order chi connectivity index (χ1) is 14.4. The van der Waals surface area contributed by atoms with Crippen LogP contribution in [0.2, 0.25) is 0 Å². The van der Waals surface area contributed by atoms with Gasteiger partial charge in [-0.2, -0.15) is 0 Å². The number of hydrogen-bond donors (Lipinski definition) is 1. The Labute approximate surface area is 178 Å². The first-order valence-electron chi connectivity index (χ1n) is 10.3. The minimum absolute atomic E-state index is 0.00125. The third-order valence-electron chi connectivity index (χ3n) is 5.88. The summed E-state index contributed by atoms with van der Waals surface area (Å²) >= 11 is 1.37. The Hall–Kier alpha value is -2.52. The molecule has 2 fully saturated rings. The maximum atomic E-state index is 13.2. The molecule has 1 saturated heterocycles. The third kappa shape index (κ3) is 3.45. The second-order valence-corrected chi connectivity index (χ2v) is 9.25. The molecule has 30 heavy (non-hydrogen) atoms. The largest absolute Gasteiger partial charge is 0.469 e. The summed E-state index contributed by atoms with van der Waals surface area (Å²) < 4.78 is 11.3. The van der Waals surface area contributed by atoms with E-state index >= 15 is 0 Å². The van der Waals surface area contributed by atoms with Gasteiger partial charge in [-0.25, -0.2) is 9.97 Å². The highest BCUT2D eigenvalue weighted by molar-refractivity contribution is 7.19. The zero-order valence-electron chi connectivity index (χ0n) is 17.2. The summed E-state index contributed by atoms with van der Waals surface area (Å²) in [6.45, 7) is 7.04. The second kappa shape index (κ2) is 7.31. The zero-order chi connectivity index (χ0) is 21.0. The van der Waals surface area contributed by atoms with Crippen LogP contribution in [0, 0.1) is 12.8 Å². The van der Waals surface area contributed by atoms with Crippen molar-refractivity contribution in [3.63, 3.8) is 0 Å². The fourth-order valence-electron chi connectivity index (χ4n) is 3.97. The summed E-state index contributed by atoms with van der Waals surface area (Å²) in [6, 6.07) is 2.18. The molecule has 0 spiro atoms. The van der Waals surface area contributed by atoms with Gasteiger partial charge in [0.2, 0.25) is 11.8 Å². The Kier molecular flexibility index (Phi) is 4.74. The number of thiazole rings is 1. The number of amides is 2. The van der Waals surface area contributed by atoms with E-state index in [1.165, 1.54) is 31.1 Å². The molecule has 2 amide bonds. The van der Waals surface area contributed by atoms with Crippen LogP contribution in [0.3, 0.4) is 0 Å². The van der Waals surface area contributed by atoms with E-state index in [0.717, 1.165) is 16.1 Å². The van der Waals surface area contributed by atoms with Crippen LogP contribution in [0.1, 0.15) is 48.3 Å². The van der Waals surface area contributed by atoms with Crippen molar-refractivity contribution in [2.45, 2.75) is 52.3 Å². The summed E-state index contributed by atoms with van der Waals surface area (Å²) in [5, 5.41) is 3.27. The fourth-order valence-corrected chi connectivity index (χ4v) is 4.94. The van der Waals surface area contributed by atoms with Crippen LogP contribution in [0.4, 0.5) is 5.13 Å². The van der Waals surface area contributed by atoms with Crippen molar-refractivity contribution < 1.29 is 19.1 Å². The second-order valence-electron chi connectivity index (χ2n) is 8.25. The molecule has 5 rings (SSSR count). The van der Waals surface area contributed by atoms with Gasteiger partial charge in [0.1, 0.15) is 11.7 Å². The van der Waals surface area contributed by atoms with Gasteiger partial charge in [0, 0.05) is 19.5 Å². The molecule has 2 aromatic heterocycles. The molecule has 0 bridgehead atoms. The quantitative estimate of drug-likeness (QED) is 0.760. The van der Waals surface area contributed by atoms with E-state index in [9.17, 15) is 9.59 Å². The van der Waals surface area contributed by atoms with Crippen molar-refractivity contribution in [2.24, 2.45) is 5.92 Å². The normalized spacial score (nSPS) is 19.4. The number of hydrogen-bond acceptors (Lipinski definition) is 7. The molecule has 0 unspecified atom stereocenters. The lowest BCUT2D eigenvalue weighted by Crippen LogP contribution is -2.39. The molecular weight excluding hydrogens is 404 g/mol. The highest BCUT2D eigenvalue weighted by atomic mass is 32.1. The van der Waals surface area contributed by atoms with Crippen molar-refractivity contribution in [3.05, 3.63) is 22.9 Å². The lowest BCUT2D eigenvalue weighted by atomic mass is 10.1. The van der Waals surface area contributed by atoms with E-state index in [1.807, 2.05) is 17.9 Å². The molecular formula is C21H24N4O4S. The van der Waals surface area contributed by atoms with E-state index in [4.69, 9.17) is 14.5 Å². The molecule has 0 aromatic carbocycles. The Morgan fingerprint density at radius 3 is 2.77 bits per heavy atom. The lowest BCUT2D eigenvalue weighted by molar-refractivity contribution is -0.114. The van der Waals surface area contributed by atoms with Gasteiger partial charge in [-0.15, -0.1) is 0 Å². The van der Waals surface area contributed by atoms with E-state index in [1.54, 1.807) is 0 Å². The van der Waals surface area contributed by atoms with E-state index in [-0.39, 0.29) is 24.0 Å². The van der Waals surface area contributed by atoms with Gasteiger partial charge in [0.15, 0.2) is 5.13 Å². The highest BCUT2D eigenvalue weighted by Gasteiger charge is 2.41. The minimum Gasteiger partial charge on any atom is -0.469 e. The number of fused-ring (bicyclic) bond motifs is 1. The smallest absolute Gasteiger partial charge is 0.260 e. The van der Waals surface area contributed by atoms with Crippen LogP contribution in [-0.2, 0) is 16.1 Å². The van der Waals surface area contributed by atoms with Crippen molar-refractivity contribution in [2.75, 3.05) is 18.5 Å². The first kappa shape index (κ1) is 19.4. The van der Waals surface area contributed by atoms with Gasteiger partial charge in [-0.3, -0.25) is 9.59 Å². The standard InChI is InChI=1S/C21H24N4O4S/c1-10-18(30-21(22-10)23-12(3)26)16-6-14-7-25(11(2)13-4-5-13)20(27)17(14)19(24-16)29-15-8-28-9-15/h6,11,13,15H,4-5,7-9H2,1-3H3,(H,22,23,26)/t11-/m0/s1. The molecule has 3 aliphatic rings. The third-order valence-corrected chi connectivity index (χ3v) is 6.97. The minimum atomic E-state index is -0.165. The molecule has 8 nitrogen and oxygen atoms in total. The molecule has 1 N–H and O–H groups in total. The van der Waals surface area contributed by atoms with Crippen molar-refractivity contribution in [3.8, 4) is 16.5 Å². The van der Waals surface area contributed by atoms with Gasteiger partial charge >= 0.3 is 0 Å². The van der Waals surface area contributed by atoms with Crippen LogP contribution in [0.25, 0.3) is 10.6 Å². The monoisotopic (exact) mass is 428 g/mol. The summed E-state index contributed by atoms with van der Waals surface area (Å²) in [6.07, 6.45) is 2.27. The van der Waals surface area contributed by atoms with Crippen molar-refractivity contribution in [1.82, 2.24) is 14.9 Å². The number of ether oxygens (including phenoxy) is 2. The Bertz CT molecular complexity index is 1030. The number of carbonyl (C=O) groups is 2. The van der Waals surface area contributed by atoms with Gasteiger partial charge < -0.3 is 19.7 Å². The van der Waals surface area contributed by atoms with Crippen LogP contribution >= 0.6 is 11.3 Å². The SMILES string of the molecule is CC(=O)Nc1nc(C)c(-c2cc3c(c(OC4COC4)n2)C(=O)N([C@@H](C)C2CC2)C3)s1. The Balaban J connectivity index is 1.53. The van der Waals surface area contributed by atoms with Gasteiger partial charge in [0.05, 0.1) is 29.5 Å². The summed E-state index contributed by atoms with van der Waals surface area (Å²) in [4.78, 5) is 36.6. The van der Waals surface area contributed by atoms with Crippen molar-refractivity contribution in [1.29, 1.82) is 0 Å². The number of nitrogens with one attached hydrogen (secondary N) is 1. The van der Waals surface area contributed by atoms with Crippen LogP contribution in [0.15, 0.2) is 6.07 Å². The zero-order valence-corrected chi connectivity index (χ0v) is 18.0. The first-order valence-corrected chi connectivity index (χ1v) is 11.1. The molecule has 1 atom stereocenters. The molecule has 0 radical (unpaired) electrons. The number of nitrogens with zero attached hydrogens (tertiary/aromatic N) is 3. The maximum Gasteiger partial charge on any atom is 0.260 e. The molecule has 4 heterocycles. The number of carbonyl (C=O) groups excluding carboxylic acids is 2. The fraction of sp³-hybridized carbons (Fsp3) is 0.524. The molecule has 1 saturated carbocycles. The van der Waals surface area contributed by atoms with Crippen LogP contribution in [-0.4, -0.2) is 52.0 Å². The molecule has 1 aliphatic carbocycles. The number of aryl methyl sites for hydroxylation is 1. The van der Waals surface area contributed by atoms with Crippen LogP contribution in [0.5, 0.6) is 5.88 Å². The van der Waals surface area contributed by atoms with Gasteiger partial charge in [0.25, 0.3) is 5.91 Å². The predicted octanol–water partition coefficient (Wildman–Crippen LogP) is 3.00. The van der Waals surface area contributed by atoms with E-state index in [2.05, 4.69) is 17.2 Å². The number of pyridine rings is 1. The van der Waals surface area contributed by atoms with E-state index < -0.39 is 0 Å². The number of rotatable bonds is 6. The predicted molar refractivity (Wildman–Crippen MR) is 112 cm³/mol. The van der Waals surface area contributed by atoms with Crippen LogP contribution < -0.4 is 10.1 Å². The Morgan fingerprint density at radius 1 is 1.37 bits per heavy atom. The average Bonchev–Trinajstić information content (AvgIpc) is 3.37. The molecule has 158 valence electrons. The summed E-state index contributed by atoms with van der Waals surface area (Å²) in [7, 11) is 0. The summed E-state index contributed by atoms with van der Waals surface area (Å²) in [5.74, 6) is 0.796.